The number of rotatable bonds is 9. The Labute approximate surface area is 274 Å². The number of carbonyl (C=O) groups excluding carboxylic acids is 1. The molecule has 5 aromatic rings. The molecular weight excluding hydrogens is 592 g/mol. The number of ether oxygens (including phenoxy) is 3. The molecule has 3 aromatic carbocycles. The maximum absolute atomic E-state index is 14.0. The first kappa shape index (κ1) is 31.7. The van der Waals surface area contributed by atoms with E-state index in [1.54, 1.807) is 20.1 Å². The Morgan fingerprint density at radius 3 is 2.15 bits per heavy atom. The lowest BCUT2D eigenvalue weighted by atomic mass is 9.99. The normalized spacial score (nSPS) is 13.4. The highest BCUT2D eigenvalue weighted by molar-refractivity contribution is 5.84. The molecule has 1 amide bonds. The van der Waals surface area contributed by atoms with Crippen LogP contribution in [-0.2, 0) is 24.5 Å². The van der Waals surface area contributed by atoms with Gasteiger partial charge in [-0.3, -0.25) is 9.13 Å². The van der Waals surface area contributed by atoms with E-state index in [0.29, 0.717) is 50.1 Å². The first-order valence-electron chi connectivity index (χ1n) is 16.0. The fourth-order valence-electron chi connectivity index (χ4n) is 5.65. The summed E-state index contributed by atoms with van der Waals surface area (Å²) in [4.78, 5) is 33.0. The van der Waals surface area contributed by atoms with Gasteiger partial charge in [-0.1, -0.05) is 72.8 Å². The summed E-state index contributed by atoms with van der Waals surface area (Å²) in [5.74, 6) is 0.706. The fraction of sp³-hybridized carbons (Fsp3) is 0.289. The number of pyridine rings is 1. The second-order valence-corrected chi connectivity index (χ2v) is 12.5. The third kappa shape index (κ3) is 7.25. The van der Waals surface area contributed by atoms with Gasteiger partial charge < -0.3 is 19.1 Å². The van der Waals surface area contributed by atoms with Gasteiger partial charge in [-0.2, -0.15) is 4.98 Å². The molecule has 0 N–H and O–H groups in total. The average molecular weight is 633 g/mol. The Hall–Kier alpha value is -5.31. The Balaban J connectivity index is 1.33. The van der Waals surface area contributed by atoms with Crippen LogP contribution in [0.25, 0.3) is 22.3 Å². The Morgan fingerprint density at radius 1 is 0.851 bits per heavy atom. The lowest BCUT2D eigenvalue weighted by molar-refractivity contribution is 0.0270. The number of hydrogen-bond acceptors (Lipinski definition) is 6. The van der Waals surface area contributed by atoms with Crippen LogP contribution in [0.1, 0.15) is 50.8 Å². The number of nitrogens with zero attached hydrogens (tertiary/aromatic N) is 4. The molecule has 47 heavy (non-hydrogen) atoms. The van der Waals surface area contributed by atoms with Crippen LogP contribution in [0, 0.1) is 0 Å². The minimum Gasteiger partial charge on any atom is -0.473 e. The summed E-state index contributed by atoms with van der Waals surface area (Å²) >= 11 is 0. The highest BCUT2D eigenvalue weighted by Crippen LogP contribution is 2.31. The lowest BCUT2D eigenvalue weighted by Gasteiger charge is -2.29. The third-order valence-corrected chi connectivity index (χ3v) is 7.98. The monoisotopic (exact) mass is 632 g/mol. The molecular formula is C38H40N4O5. The maximum Gasteiger partial charge on any atom is 0.410 e. The average Bonchev–Trinajstić information content (AvgIpc) is 3.36. The molecule has 0 bridgehead atoms. The summed E-state index contributed by atoms with van der Waals surface area (Å²) in [6.07, 6.45) is 2.44. The Bertz CT molecular complexity index is 1960. The van der Waals surface area contributed by atoms with Crippen LogP contribution in [0.15, 0.2) is 102 Å². The maximum atomic E-state index is 14.0. The van der Waals surface area contributed by atoms with E-state index in [9.17, 15) is 9.59 Å². The van der Waals surface area contributed by atoms with Crippen molar-refractivity contribution < 1.29 is 19.0 Å². The number of benzene rings is 3. The Morgan fingerprint density at radius 2 is 1.53 bits per heavy atom. The number of imidazole rings is 1. The Kier molecular flexibility index (Phi) is 9.15. The summed E-state index contributed by atoms with van der Waals surface area (Å²) in [5.41, 5.74) is 5.52. The van der Waals surface area contributed by atoms with E-state index < -0.39 is 5.60 Å². The number of hydrogen-bond donors (Lipinski definition) is 0. The van der Waals surface area contributed by atoms with Gasteiger partial charge in [-0.15, -0.1) is 0 Å². The predicted octanol–water partition coefficient (Wildman–Crippen LogP) is 7.39. The van der Waals surface area contributed by atoms with Crippen LogP contribution in [0.3, 0.4) is 0 Å². The van der Waals surface area contributed by atoms with E-state index >= 15 is 0 Å². The van der Waals surface area contributed by atoms with Gasteiger partial charge in [0.25, 0.3) is 0 Å². The molecule has 2 aromatic heterocycles. The van der Waals surface area contributed by atoms with Crippen molar-refractivity contribution in [3.8, 4) is 17.4 Å². The van der Waals surface area contributed by atoms with Crippen LogP contribution in [0.2, 0.25) is 0 Å². The summed E-state index contributed by atoms with van der Waals surface area (Å²) in [6, 6.07) is 29.4. The molecule has 0 saturated carbocycles. The molecule has 1 aliphatic rings. The second kappa shape index (κ2) is 13.6. The largest absolute Gasteiger partial charge is 0.473 e. The van der Waals surface area contributed by atoms with E-state index in [4.69, 9.17) is 19.2 Å². The van der Waals surface area contributed by atoms with Crippen molar-refractivity contribution in [1.29, 1.82) is 0 Å². The van der Waals surface area contributed by atoms with Crippen LogP contribution in [-0.4, -0.2) is 43.8 Å². The standard InChI is InChI=1S/C38H40N4O5/c1-5-41-33-24-30(29-20-22-40(23-21-29)37(44)47-38(2,3)4)16-17-31(33)42(36(41)43)32-18-19-34(45-25-27-12-8-6-9-13-27)39-35(32)46-26-28-14-10-7-11-15-28/h6-20,24H,5,21-23,25-26H2,1-4H3. The third-order valence-electron chi connectivity index (χ3n) is 7.98. The summed E-state index contributed by atoms with van der Waals surface area (Å²) in [6.45, 7) is 9.72. The van der Waals surface area contributed by atoms with E-state index in [2.05, 4.69) is 12.1 Å². The van der Waals surface area contributed by atoms with Gasteiger partial charge in [-0.05, 0) is 74.6 Å². The van der Waals surface area contributed by atoms with Gasteiger partial charge in [0.1, 0.15) is 24.5 Å². The zero-order valence-electron chi connectivity index (χ0n) is 27.3. The molecule has 242 valence electrons. The van der Waals surface area contributed by atoms with Crippen LogP contribution < -0.4 is 15.2 Å². The summed E-state index contributed by atoms with van der Waals surface area (Å²) < 4.78 is 21.3. The first-order chi connectivity index (χ1) is 22.7. The van der Waals surface area contributed by atoms with Crippen molar-refractivity contribution in [2.75, 3.05) is 13.1 Å². The van der Waals surface area contributed by atoms with Gasteiger partial charge in [-0.25, -0.2) is 9.59 Å². The number of carbonyl (C=O) groups is 1. The molecule has 0 radical (unpaired) electrons. The predicted molar refractivity (Wildman–Crippen MR) is 183 cm³/mol. The number of fused-ring (bicyclic) bond motifs is 1. The van der Waals surface area contributed by atoms with Gasteiger partial charge in [0.15, 0.2) is 0 Å². The highest BCUT2D eigenvalue weighted by atomic mass is 16.6. The second-order valence-electron chi connectivity index (χ2n) is 12.5. The van der Waals surface area contributed by atoms with Crippen LogP contribution >= 0.6 is 0 Å². The zero-order valence-corrected chi connectivity index (χ0v) is 27.3. The molecule has 0 unspecified atom stereocenters. The minimum absolute atomic E-state index is 0.183. The smallest absolute Gasteiger partial charge is 0.410 e. The van der Waals surface area contributed by atoms with E-state index in [-0.39, 0.29) is 18.4 Å². The molecule has 3 heterocycles. The van der Waals surface area contributed by atoms with Crippen LogP contribution in [0.4, 0.5) is 4.79 Å². The van der Waals surface area contributed by atoms with Crippen molar-refractivity contribution in [2.45, 2.75) is 59.5 Å². The van der Waals surface area contributed by atoms with E-state index in [1.165, 1.54) is 0 Å². The molecule has 9 nitrogen and oxygen atoms in total. The molecule has 0 atom stereocenters. The lowest BCUT2D eigenvalue weighted by Crippen LogP contribution is -2.39. The molecule has 6 rings (SSSR count). The van der Waals surface area contributed by atoms with Crippen LogP contribution in [0.5, 0.6) is 11.8 Å². The van der Waals surface area contributed by atoms with Gasteiger partial charge in [0.2, 0.25) is 11.8 Å². The number of aromatic nitrogens is 3. The molecule has 0 fully saturated rings. The molecule has 0 saturated heterocycles. The zero-order chi connectivity index (χ0) is 33.0. The number of amides is 1. The van der Waals surface area contributed by atoms with Crippen molar-refractivity contribution in [3.05, 3.63) is 124 Å². The topological polar surface area (TPSA) is 87.8 Å². The molecule has 1 aliphatic heterocycles. The van der Waals surface area contributed by atoms with E-state index in [0.717, 1.165) is 33.3 Å². The van der Waals surface area contributed by atoms with Gasteiger partial charge >= 0.3 is 11.8 Å². The molecule has 9 heteroatoms. The highest BCUT2D eigenvalue weighted by Gasteiger charge is 2.25. The molecule has 0 spiro atoms. The quantitative estimate of drug-likeness (QED) is 0.168. The summed E-state index contributed by atoms with van der Waals surface area (Å²) in [5, 5.41) is 0. The van der Waals surface area contributed by atoms with Crippen molar-refractivity contribution in [3.63, 3.8) is 0 Å². The fourth-order valence-corrected chi connectivity index (χ4v) is 5.65. The van der Waals surface area contributed by atoms with Crippen molar-refractivity contribution >= 4 is 22.7 Å². The van der Waals surface area contributed by atoms with E-state index in [1.807, 2.05) is 107 Å². The summed E-state index contributed by atoms with van der Waals surface area (Å²) in [7, 11) is 0. The SMILES string of the molecule is CCn1c(=O)n(-c2ccc(OCc3ccccc3)nc2OCc2ccccc2)c2ccc(C3=CCN(C(=O)OC(C)(C)C)CC3)cc21. The van der Waals surface area contributed by atoms with Gasteiger partial charge in [0, 0.05) is 25.7 Å². The first-order valence-corrected chi connectivity index (χ1v) is 16.0. The number of aryl methyl sites for hydroxylation is 1. The minimum atomic E-state index is -0.541. The van der Waals surface area contributed by atoms with Crippen molar-refractivity contribution in [1.82, 2.24) is 19.0 Å². The molecule has 0 aliphatic carbocycles. The van der Waals surface area contributed by atoms with Crippen molar-refractivity contribution in [2.24, 2.45) is 0 Å². The van der Waals surface area contributed by atoms with Gasteiger partial charge in [0.05, 0.1) is 11.0 Å².